The predicted octanol–water partition coefficient (Wildman–Crippen LogP) is 6.09. The lowest BCUT2D eigenvalue weighted by Crippen LogP contribution is -2.29. The Morgan fingerprint density at radius 3 is 2.27 bits per heavy atom. The van der Waals surface area contributed by atoms with Gasteiger partial charge in [-0.2, -0.15) is 0 Å². The highest BCUT2D eigenvalue weighted by molar-refractivity contribution is 7.10. The Kier molecular flexibility index (Phi) is 6.13. The van der Waals surface area contributed by atoms with Crippen LogP contribution in [0.1, 0.15) is 47.0 Å². The number of amides is 1. The summed E-state index contributed by atoms with van der Waals surface area (Å²) in [6, 6.07) is 14.0. The first-order chi connectivity index (χ1) is 15.7. The lowest BCUT2D eigenvalue weighted by Gasteiger charge is -2.25. The zero-order valence-electron chi connectivity index (χ0n) is 19.4. The van der Waals surface area contributed by atoms with E-state index in [1.807, 2.05) is 70.3 Å². The first-order valence-electron chi connectivity index (χ1n) is 10.9. The molecule has 1 atom stereocenters. The van der Waals surface area contributed by atoms with Gasteiger partial charge in [0.25, 0.3) is 11.7 Å². The first-order valence-corrected chi connectivity index (χ1v) is 11.8. The van der Waals surface area contributed by atoms with E-state index in [1.165, 1.54) is 16.2 Å². The lowest BCUT2D eigenvalue weighted by molar-refractivity contribution is -0.132. The Bertz CT molecular complexity index is 1250. The summed E-state index contributed by atoms with van der Waals surface area (Å²) in [6.45, 7) is 9.70. The summed E-state index contributed by atoms with van der Waals surface area (Å²) in [5.41, 5.74) is 4.05. The third-order valence-electron chi connectivity index (χ3n) is 5.72. The molecule has 4 rings (SSSR count). The Balaban J connectivity index is 1.88. The Hall–Kier alpha value is -3.38. The molecule has 1 aliphatic heterocycles. The number of carbonyl (C=O) groups excluding carboxylic acids is 2. The molecule has 1 fully saturated rings. The Morgan fingerprint density at radius 2 is 1.70 bits per heavy atom. The van der Waals surface area contributed by atoms with Crippen LogP contribution in [0, 0.1) is 20.8 Å². The molecular formula is C27H27NO4S. The normalized spacial score (nSPS) is 17.8. The fourth-order valence-electron chi connectivity index (χ4n) is 4.06. The highest BCUT2D eigenvalue weighted by atomic mass is 32.1. The molecule has 1 N–H and O–H groups in total. The van der Waals surface area contributed by atoms with Gasteiger partial charge in [-0.3, -0.25) is 14.5 Å². The van der Waals surface area contributed by atoms with Crippen LogP contribution < -0.4 is 9.64 Å². The monoisotopic (exact) mass is 461 g/mol. The molecule has 0 aliphatic carbocycles. The fourth-order valence-corrected chi connectivity index (χ4v) is 5.08. The summed E-state index contributed by atoms with van der Waals surface area (Å²) in [5, 5.41) is 13.3. The van der Waals surface area contributed by atoms with Gasteiger partial charge in [-0.05, 0) is 87.5 Å². The van der Waals surface area contributed by atoms with Crippen molar-refractivity contribution in [3.05, 3.63) is 86.6 Å². The van der Waals surface area contributed by atoms with E-state index in [0.29, 0.717) is 17.0 Å². The zero-order valence-corrected chi connectivity index (χ0v) is 20.2. The second-order valence-electron chi connectivity index (χ2n) is 8.62. The average molecular weight is 462 g/mol. The number of hydrogen-bond acceptors (Lipinski definition) is 5. The lowest BCUT2D eigenvalue weighted by atomic mass is 9.97. The molecule has 0 bridgehead atoms. The Morgan fingerprint density at radius 1 is 1.00 bits per heavy atom. The molecule has 1 unspecified atom stereocenters. The number of aryl methyl sites for hydroxylation is 3. The van der Waals surface area contributed by atoms with Crippen molar-refractivity contribution in [2.75, 3.05) is 4.90 Å². The number of hydrogen-bond donors (Lipinski definition) is 1. The summed E-state index contributed by atoms with van der Waals surface area (Å²) in [4.78, 5) is 28.8. The highest BCUT2D eigenvalue weighted by Gasteiger charge is 2.47. The molecule has 0 spiro atoms. The summed E-state index contributed by atoms with van der Waals surface area (Å²) < 4.78 is 5.80. The van der Waals surface area contributed by atoms with Crippen molar-refractivity contribution >= 4 is 34.5 Å². The number of aliphatic hydroxyl groups excluding tert-OH is 1. The van der Waals surface area contributed by atoms with E-state index < -0.39 is 17.7 Å². The number of aliphatic hydroxyl groups is 1. The molecule has 33 heavy (non-hydrogen) atoms. The van der Waals surface area contributed by atoms with Gasteiger partial charge in [-0.1, -0.05) is 17.7 Å². The number of rotatable bonds is 5. The van der Waals surface area contributed by atoms with Gasteiger partial charge >= 0.3 is 0 Å². The predicted molar refractivity (Wildman–Crippen MR) is 132 cm³/mol. The fraction of sp³-hybridized carbons (Fsp3) is 0.259. The van der Waals surface area contributed by atoms with Crippen LogP contribution >= 0.6 is 11.3 Å². The zero-order chi connectivity index (χ0) is 23.9. The van der Waals surface area contributed by atoms with Gasteiger partial charge in [-0.25, -0.2) is 0 Å². The first kappa shape index (κ1) is 22.8. The topological polar surface area (TPSA) is 66.8 Å². The van der Waals surface area contributed by atoms with Crippen molar-refractivity contribution in [2.45, 2.75) is 46.8 Å². The van der Waals surface area contributed by atoms with E-state index in [2.05, 4.69) is 0 Å². The summed E-state index contributed by atoms with van der Waals surface area (Å²) >= 11 is 1.47. The van der Waals surface area contributed by atoms with E-state index in [4.69, 9.17) is 4.74 Å². The number of benzene rings is 2. The highest BCUT2D eigenvalue weighted by Crippen LogP contribution is 2.45. The second-order valence-corrected chi connectivity index (χ2v) is 9.57. The van der Waals surface area contributed by atoms with Crippen LogP contribution in [0.3, 0.4) is 0 Å². The molecule has 6 heteroatoms. The van der Waals surface area contributed by atoms with Gasteiger partial charge in [0.05, 0.1) is 11.7 Å². The quantitative estimate of drug-likeness (QED) is 0.284. The molecule has 2 heterocycles. The maximum absolute atomic E-state index is 13.3. The molecule has 0 radical (unpaired) electrons. The molecule has 0 saturated carbocycles. The van der Waals surface area contributed by atoms with Crippen molar-refractivity contribution in [2.24, 2.45) is 0 Å². The van der Waals surface area contributed by atoms with Crippen LogP contribution in [-0.2, 0) is 9.59 Å². The minimum atomic E-state index is -0.695. The summed E-state index contributed by atoms with van der Waals surface area (Å²) in [5.74, 6) is -0.798. The molecule has 5 nitrogen and oxygen atoms in total. The number of thiophene rings is 1. The molecule has 3 aromatic rings. The number of carbonyl (C=O) groups is 2. The van der Waals surface area contributed by atoms with Crippen LogP contribution in [0.4, 0.5) is 5.69 Å². The van der Waals surface area contributed by atoms with E-state index in [-0.39, 0.29) is 17.4 Å². The largest absolute Gasteiger partial charge is 0.507 e. The van der Waals surface area contributed by atoms with Crippen molar-refractivity contribution < 1.29 is 19.4 Å². The van der Waals surface area contributed by atoms with Gasteiger partial charge in [-0.15, -0.1) is 11.3 Å². The number of anilines is 1. The molecular weight excluding hydrogens is 434 g/mol. The minimum absolute atomic E-state index is 0.0183. The summed E-state index contributed by atoms with van der Waals surface area (Å²) in [6.07, 6.45) is 0.0183. The summed E-state index contributed by atoms with van der Waals surface area (Å²) in [7, 11) is 0. The second kappa shape index (κ2) is 8.87. The van der Waals surface area contributed by atoms with Gasteiger partial charge < -0.3 is 9.84 Å². The van der Waals surface area contributed by atoms with Crippen molar-refractivity contribution in [1.29, 1.82) is 0 Å². The number of ketones is 1. The van der Waals surface area contributed by atoms with Gasteiger partial charge in [0.2, 0.25) is 0 Å². The van der Waals surface area contributed by atoms with Gasteiger partial charge in [0.15, 0.2) is 0 Å². The minimum Gasteiger partial charge on any atom is -0.507 e. The van der Waals surface area contributed by atoms with Crippen molar-refractivity contribution in [1.82, 2.24) is 0 Å². The van der Waals surface area contributed by atoms with Crippen molar-refractivity contribution in [3.8, 4) is 5.75 Å². The number of Topliss-reactive ketones (excluding diaryl/α,β-unsaturated/α-hetero) is 1. The molecule has 1 amide bonds. The van der Waals surface area contributed by atoms with E-state index in [9.17, 15) is 14.7 Å². The van der Waals surface area contributed by atoms with Gasteiger partial charge in [0, 0.05) is 16.1 Å². The smallest absolute Gasteiger partial charge is 0.300 e. The van der Waals surface area contributed by atoms with E-state index in [1.54, 1.807) is 18.2 Å². The number of ether oxygens (including phenoxy) is 1. The molecule has 2 aromatic carbocycles. The standard InChI is InChI=1S/C27H27NO4S/c1-15(2)32-21-11-8-19(14-18(21)5)24(29)22-23(26-17(4)12-13-33-26)28(27(31)25(22)30)20-9-6-16(3)7-10-20/h6-15,23,29H,1-5H3/b24-22-. The third-order valence-corrected chi connectivity index (χ3v) is 6.79. The maximum atomic E-state index is 13.3. The molecule has 1 aliphatic rings. The van der Waals surface area contributed by atoms with Crippen LogP contribution in [0.5, 0.6) is 5.75 Å². The average Bonchev–Trinajstić information content (AvgIpc) is 3.30. The maximum Gasteiger partial charge on any atom is 0.300 e. The van der Waals surface area contributed by atoms with E-state index in [0.717, 1.165) is 21.6 Å². The number of nitrogens with zero attached hydrogens (tertiary/aromatic N) is 1. The molecule has 170 valence electrons. The van der Waals surface area contributed by atoms with Crippen LogP contribution in [-0.4, -0.2) is 22.9 Å². The van der Waals surface area contributed by atoms with E-state index >= 15 is 0 Å². The van der Waals surface area contributed by atoms with Crippen LogP contribution in [0.2, 0.25) is 0 Å². The van der Waals surface area contributed by atoms with Crippen LogP contribution in [0.25, 0.3) is 5.76 Å². The molecule has 1 aromatic heterocycles. The third kappa shape index (κ3) is 4.18. The van der Waals surface area contributed by atoms with Crippen LogP contribution in [0.15, 0.2) is 59.5 Å². The molecule has 1 saturated heterocycles. The van der Waals surface area contributed by atoms with Crippen molar-refractivity contribution in [3.63, 3.8) is 0 Å². The SMILES string of the molecule is Cc1ccc(N2C(=O)C(=O)/C(=C(\O)c3ccc(OC(C)C)c(C)c3)C2c2sccc2C)cc1. The Labute approximate surface area is 197 Å². The van der Waals surface area contributed by atoms with Gasteiger partial charge in [0.1, 0.15) is 17.6 Å².